The molecule has 0 saturated carbocycles. The lowest BCUT2D eigenvalue weighted by molar-refractivity contribution is -0.137. The molecule has 0 aliphatic heterocycles. The summed E-state index contributed by atoms with van der Waals surface area (Å²) in [6, 6.07) is 4.15. The van der Waals surface area contributed by atoms with Crippen LogP contribution >= 0.6 is 0 Å². The number of rotatable bonds is 3. The highest BCUT2D eigenvalue weighted by Gasteiger charge is 2.43. The number of halogens is 3. The molecule has 0 heterocycles. The minimum Gasteiger partial charge on any atom is -0.292 e. The van der Waals surface area contributed by atoms with Crippen molar-refractivity contribution >= 4 is 15.6 Å². The number of ketones is 1. The smallest absolute Gasteiger partial charge is 0.292 e. The second kappa shape index (κ2) is 4.63. The fourth-order valence-corrected chi connectivity index (χ4v) is 1.87. The minimum atomic E-state index is -4.71. The van der Waals surface area contributed by atoms with Crippen LogP contribution in [0.1, 0.15) is 29.8 Å². The van der Waals surface area contributed by atoms with Crippen LogP contribution in [0.5, 0.6) is 0 Å². The van der Waals surface area contributed by atoms with Gasteiger partial charge in [0, 0.05) is 11.8 Å². The third-order valence-corrected chi connectivity index (χ3v) is 4.99. The van der Waals surface area contributed by atoms with Crippen LogP contribution in [-0.4, -0.2) is 25.2 Å². The molecule has 0 aromatic heterocycles. The molecule has 19 heavy (non-hydrogen) atoms. The first-order chi connectivity index (χ1) is 8.39. The average Bonchev–Trinajstić information content (AvgIpc) is 2.25. The fourth-order valence-electron chi connectivity index (χ4n) is 1.42. The van der Waals surface area contributed by atoms with Gasteiger partial charge < -0.3 is 0 Å². The molecule has 106 valence electrons. The van der Waals surface area contributed by atoms with E-state index in [1.54, 1.807) is 0 Å². The van der Waals surface area contributed by atoms with Gasteiger partial charge in [-0.15, -0.1) is 0 Å². The zero-order valence-electron chi connectivity index (χ0n) is 10.6. The van der Waals surface area contributed by atoms with Crippen LogP contribution in [-0.2, 0) is 16.0 Å². The maximum Gasteiger partial charge on any atom is 0.417 e. The number of sulfone groups is 1. The summed E-state index contributed by atoms with van der Waals surface area (Å²) in [7, 11) is -3.83. The molecular weight excluding hydrogens is 281 g/mol. The van der Waals surface area contributed by atoms with E-state index in [4.69, 9.17) is 0 Å². The van der Waals surface area contributed by atoms with Gasteiger partial charge >= 0.3 is 6.18 Å². The Hall–Kier alpha value is -1.37. The Morgan fingerprint density at radius 2 is 1.58 bits per heavy atom. The highest BCUT2D eigenvalue weighted by molar-refractivity contribution is 7.92. The SMILES string of the molecule is CC(C)(C(=O)c1ccccc1C(F)(F)F)S(C)(=O)=O. The largest absolute Gasteiger partial charge is 0.417 e. The van der Waals surface area contributed by atoms with Crippen LogP contribution in [0, 0.1) is 0 Å². The van der Waals surface area contributed by atoms with E-state index in [0.717, 1.165) is 38.3 Å². The van der Waals surface area contributed by atoms with E-state index < -0.39 is 37.7 Å². The van der Waals surface area contributed by atoms with Crippen molar-refractivity contribution in [1.82, 2.24) is 0 Å². The molecule has 7 heteroatoms. The summed E-state index contributed by atoms with van der Waals surface area (Å²) in [4.78, 5) is 12.1. The first-order valence-electron chi connectivity index (χ1n) is 5.29. The maximum atomic E-state index is 12.8. The van der Waals surface area contributed by atoms with Crippen LogP contribution in [0.15, 0.2) is 24.3 Å². The van der Waals surface area contributed by atoms with E-state index in [-0.39, 0.29) is 0 Å². The Balaban J connectivity index is 3.46. The van der Waals surface area contributed by atoms with E-state index in [1.165, 1.54) is 6.07 Å². The average molecular weight is 294 g/mol. The monoisotopic (exact) mass is 294 g/mol. The highest BCUT2D eigenvalue weighted by atomic mass is 32.2. The maximum absolute atomic E-state index is 12.8. The predicted octanol–water partition coefficient (Wildman–Crippen LogP) is 2.71. The molecule has 1 aromatic rings. The van der Waals surface area contributed by atoms with Gasteiger partial charge in [0.15, 0.2) is 15.6 Å². The summed E-state index contributed by atoms with van der Waals surface area (Å²) in [5.41, 5.74) is -1.76. The molecule has 1 aromatic carbocycles. The zero-order chi connectivity index (χ0) is 15.1. The molecule has 0 aliphatic rings. The topological polar surface area (TPSA) is 51.2 Å². The van der Waals surface area contributed by atoms with Crippen LogP contribution in [0.2, 0.25) is 0 Å². The third kappa shape index (κ3) is 2.97. The van der Waals surface area contributed by atoms with Crippen LogP contribution in [0.4, 0.5) is 13.2 Å². The summed E-state index contributed by atoms with van der Waals surface area (Å²) in [6.45, 7) is 2.19. The van der Waals surface area contributed by atoms with Crippen LogP contribution < -0.4 is 0 Å². The molecule has 0 aliphatic carbocycles. The van der Waals surface area contributed by atoms with Gasteiger partial charge in [0.1, 0.15) is 4.75 Å². The lowest BCUT2D eigenvalue weighted by atomic mass is 9.95. The summed E-state index contributed by atoms with van der Waals surface area (Å²) in [5, 5.41) is 0. The van der Waals surface area contributed by atoms with Crippen molar-refractivity contribution in [2.45, 2.75) is 24.8 Å². The quantitative estimate of drug-likeness (QED) is 0.805. The van der Waals surface area contributed by atoms with Gasteiger partial charge in [0.05, 0.1) is 5.56 Å². The summed E-state index contributed by atoms with van der Waals surface area (Å²) in [5.74, 6) is -1.07. The van der Waals surface area contributed by atoms with E-state index in [9.17, 15) is 26.4 Å². The van der Waals surface area contributed by atoms with Crippen molar-refractivity contribution in [3.63, 3.8) is 0 Å². The molecule has 0 N–H and O–H groups in total. The second-order valence-corrected chi connectivity index (χ2v) is 7.22. The van der Waals surface area contributed by atoms with Gasteiger partial charge in [0.2, 0.25) is 0 Å². The number of carbonyl (C=O) groups is 1. The number of carbonyl (C=O) groups excluding carboxylic acids is 1. The standard InChI is InChI=1S/C12H13F3O3S/c1-11(2,19(3,17)18)10(16)8-6-4-5-7-9(8)12(13,14)15/h4-7H,1-3H3. The van der Waals surface area contributed by atoms with Gasteiger partial charge in [-0.3, -0.25) is 4.79 Å². The van der Waals surface area contributed by atoms with Crippen molar-refractivity contribution in [2.75, 3.05) is 6.26 Å². The van der Waals surface area contributed by atoms with Crippen molar-refractivity contribution in [2.24, 2.45) is 0 Å². The van der Waals surface area contributed by atoms with Gasteiger partial charge in [0.25, 0.3) is 0 Å². The number of hydrogen-bond donors (Lipinski definition) is 0. The molecule has 0 unspecified atom stereocenters. The molecule has 0 radical (unpaired) electrons. The van der Waals surface area contributed by atoms with E-state index in [2.05, 4.69) is 0 Å². The molecule has 3 nitrogen and oxygen atoms in total. The normalized spacial score (nSPS) is 13.4. The molecule has 1 rings (SSSR count). The Bertz CT molecular complexity index is 601. The Kier molecular flexibility index (Phi) is 3.82. The van der Waals surface area contributed by atoms with Crippen molar-refractivity contribution < 1.29 is 26.4 Å². The molecule has 0 amide bonds. The van der Waals surface area contributed by atoms with Gasteiger partial charge in [-0.2, -0.15) is 13.2 Å². The van der Waals surface area contributed by atoms with E-state index >= 15 is 0 Å². The number of alkyl halides is 3. The molecular formula is C12H13F3O3S. The molecule has 0 atom stereocenters. The summed E-state index contributed by atoms with van der Waals surface area (Å²) >= 11 is 0. The van der Waals surface area contributed by atoms with E-state index in [1.807, 2.05) is 0 Å². The number of hydrogen-bond acceptors (Lipinski definition) is 3. The Morgan fingerprint density at radius 3 is 2.00 bits per heavy atom. The first kappa shape index (κ1) is 15.7. The molecule has 0 spiro atoms. The van der Waals surface area contributed by atoms with Crippen LogP contribution in [0.25, 0.3) is 0 Å². The molecule has 0 fully saturated rings. The van der Waals surface area contributed by atoms with Crippen molar-refractivity contribution in [1.29, 1.82) is 0 Å². The Morgan fingerprint density at radius 1 is 1.11 bits per heavy atom. The number of Topliss-reactive ketones (excluding diaryl/α,β-unsaturated/α-hetero) is 1. The van der Waals surface area contributed by atoms with Gasteiger partial charge in [-0.05, 0) is 19.9 Å². The van der Waals surface area contributed by atoms with Gasteiger partial charge in [-0.25, -0.2) is 8.42 Å². The molecule has 0 bridgehead atoms. The summed E-state index contributed by atoms with van der Waals surface area (Å²) in [6.07, 6.45) is -3.89. The van der Waals surface area contributed by atoms with Gasteiger partial charge in [-0.1, -0.05) is 18.2 Å². The predicted molar refractivity (Wildman–Crippen MR) is 64.7 cm³/mol. The lowest BCUT2D eigenvalue weighted by Crippen LogP contribution is -2.40. The lowest BCUT2D eigenvalue weighted by Gasteiger charge is -2.22. The number of benzene rings is 1. The van der Waals surface area contributed by atoms with Crippen molar-refractivity contribution in [3.05, 3.63) is 35.4 Å². The summed E-state index contributed by atoms with van der Waals surface area (Å²) < 4.78 is 59.5. The fraction of sp³-hybridized carbons (Fsp3) is 0.417. The molecule has 0 saturated heterocycles. The second-order valence-electron chi connectivity index (χ2n) is 4.65. The first-order valence-corrected chi connectivity index (χ1v) is 7.19. The van der Waals surface area contributed by atoms with Crippen LogP contribution in [0.3, 0.4) is 0 Å². The highest BCUT2D eigenvalue weighted by Crippen LogP contribution is 2.34. The third-order valence-electron chi connectivity index (χ3n) is 2.95. The van der Waals surface area contributed by atoms with Crippen molar-refractivity contribution in [3.8, 4) is 0 Å². The van der Waals surface area contributed by atoms with E-state index in [0.29, 0.717) is 0 Å². The zero-order valence-corrected chi connectivity index (χ0v) is 11.4. The Labute approximate surface area is 109 Å². The minimum absolute atomic E-state index is 0.634.